The Bertz CT molecular complexity index is 677. The fourth-order valence-electron chi connectivity index (χ4n) is 2.25. The Kier molecular flexibility index (Phi) is 4.14. The van der Waals surface area contributed by atoms with Crippen LogP contribution >= 0.6 is 27.3 Å². The number of hydrogen-bond acceptors (Lipinski definition) is 4. The molecule has 0 aromatic carbocycles. The first-order chi connectivity index (χ1) is 9.78. The van der Waals surface area contributed by atoms with Crippen molar-refractivity contribution in [1.29, 1.82) is 0 Å². The largest absolute Gasteiger partial charge is 0.309 e. The first-order valence-corrected chi connectivity index (χ1v) is 8.20. The lowest BCUT2D eigenvalue weighted by atomic mass is 10.1. The Hall–Kier alpha value is -1.24. The minimum absolute atomic E-state index is 0.167. The highest BCUT2D eigenvalue weighted by Crippen LogP contribution is 2.24. The number of aromatic nitrogens is 3. The van der Waals surface area contributed by atoms with Crippen LogP contribution in [0.5, 0.6) is 0 Å². The molecule has 0 saturated heterocycles. The highest BCUT2D eigenvalue weighted by molar-refractivity contribution is 9.10. The fraction of sp³-hybridized carbons (Fsp3) is 0.286. The maximum atomic E-state index is 4.65. The third-order valence-electron chi connectivity index (χ3n) is 3.12. The molecule has 0 amide bonds. The van der Waals surface area contributed by atoms with Crippen molar-refractivity contribution in [2.45, 2.75) is 19.4 Å². The lowest BCUT2D eigenvalue weighted by Crippen LogP contribution is -2.24. The van der Waals surface area contributed by atoms with Gasteiger partial charge in [0.25, 0.3) is 0 Å². The summed E-state index contributed by atoms with van der Waals surface area (Å²) in [6.45, 7) is 3.01. The first-order valence-electron chi connectivity index (χ1n) is 6.52. The van der Waals surface area contributed by atoms with E-state index < -0.39 is 0 Å². The number of halogens is 1. The van der Waals surface area contributed by atoms with Crippen molar-refractivity contribution in [2.24, 2.45) is 0 Å². The molecule has 3 aromatic heterocycles. The molecule has 1 unspecified atom stereocenters. The number of pyridine rings is 1. The van der Waals surface area contributed by atoms with Gasteiger partial charge in [0.05, 0.1) is 17.4 Å². The number of fused-ring (bicyclic) bond motifs is 1. The van der Waals surface area contributed by atoms with Crippen LogP contribution in [-0.2, 0) is 6.42 Å². The topological polar surface area (TPSA) is 42.2 Å². The van der Waals surface area contributed by atoms with Crippen LogP contribution in [0.25, 0.3) is 4.96 Å². The van der Waals surface area contributed by atoms with E-state index in [-0.39, 0.29) is 6.04 Å². The number of nitrogens with one attached hydrogen (secondary N) is 1. The second-order valence-electron chi connectivity index (χ2n) is 4.51. The number of hydrogen-bond donors (Lipinski definition) is 1. The summed E-state index contributed by atoms with van der Waals surface area (Å²) in [6.07, 6.45) is 6.79. The van der Waals surface area contributed by atoms with E-state index in [0.717, 1.165) is 33.8 Å². The second kappa shape index (κ2) is 6.03. The summed E-state index contributed by atoms with van der Waals surface area (Å²) in [4.78, 5) is 10.2. The second-order valence-corrected chi connectivity index (χ2v) is 6.24. The van der Waals surface area contributed by atoms with Crippen LogP contribution in [0.3, 0.4) is 0 Å². The van der Waals surface area contributed by atoms with Gasteiger partial charge < -0.3 is 5.32 Å². The summed E-state index contributed by atoms with van der Waals surface area (Å²) in [5, 5.41) is 5.53. The number of likely N-dealkylation sites (N-methyl/N-ethyl adjacent to an activating group) is 1. The molecule has 3 rings (SSSR count). The van der Waals surface area contributed by atoms with Crippen LogP contribution in [0.1, 0.15) is 24.4 Å². The lowest BCUT2D eigenvalue weighted by molar-refractivity contribution is 0.530. The molecule has 3 heterocycles. The van der Waals surface area contributed by atoms with Crippen molar-refractivity contribution < 1.29 is 0 Å². The van der Waals surface area contributed by atoms with E-state index in [1.54, 1.807) is 11.3 Å². The van der Waals surface area contributed by atoms with Crippen molar-refractivity contribution in [3.63, 3.8) is 0 Å². The summed E-state index contributed by atoms with van der Waals surface area (Å²) in [7, 11) is 0. The van der Waals surface area contributed by atoms with Crippen molar-refractivity contribution in [3.05, 3.63) is 52.0 Å². The van der Waals surface area contributed by atoms with Gasteiger partial charge in [-0.05, 0) is 34.6 Å². The van der Waals surface area contributed by atoms with Gasteiger partial charge in [0.15, 0.2) is 4.96 Å². The fourth-order valence-corrected chi connectivity index (χ4v) is 3.50. The van der Waals surface area contributed by atoms with Crippen molar-refractivity contribution in [3.8, 4) is 0 Å². The van der Waals surface area contributed by atoms with Crippen LogP contribution in [0.4, 0.5) is 0 Å². The minimum Gasteiger partial charge on any atom is -0.309 e. The number of imidazole rings is 1. The Labute approximate surface area is 130 Å². The standard InChI is InChI=1S/C14H15BrN4S/c1-2-16-12(13-11(15)4-3-5-17-13)8-10-9-19-6-7-20-14(19)18-10/h3-7,9,12,16H,2,8H2,1H3. The van der Waals surface area contributed by atoms with E-state index in [1.165, 1.54) is 0 Å². The van der Waals surface area contributed by atoms with Crippen LogP contribution < -0.4 is 5.32 Å². The quantitative estimate of drug-likeness (QED) is 0.766. The maximum Gasteiger partial charge on any atom is 0.193 e. The van der Waals surface area contributed by atoms with E-state index in [2.05, 4.69) is 48.7 Å². The zero-order valence-corrected chi connectivity index (χ0v) is 13.5. The Morgan fingerprint density at radius 2 is 2.40 bits per heavy atom. The van der Waals surface area contributed by atoms with E-state index in [9.17, 15) is 0 Å². The van der Waals surface area contributed by atoms with Gasteiger partial charge in [0, 0.05) is 34.9 Å². The highest BCUT2D eigenvalue weighted by atomic mass is 79.9. The average molecular weight is 351 g/mol. The van der Waals surface area contributed by atoms with Gasteiger partial charge in [-0.25, -0.2) is 4.98 Å². The van der Waals surface area contributed by atoms with Crippen LogP contribution in [0.15, 0.2) is 40.6 Å². The third-order valence-corrected chi connectivity index (χ3v) is 4.57. The van der Waals surface area contributed by atoms with Gasteiger partial charge in [-0.15, -0.1) is 11.3 Å². The van der Waals surface area contributed by atoms with E-state index in [4.69, 9.17) is 0 Å². The SMILES string of the molecule is CCNC(Cc1cn2ccsc2n1)c1ncccc1Br. The molecule has 0 saturated carbocycles. The Morgan fingerprint density at radius 3 is 3.15 bits per heavy atom. The highest BCUT2D eigenvalue weighted by Gasteiger charge is 2.17. The molecule has 0 spiro atoms. The molecule has 1 N–H and O–H groups in total. The number of rotatable bonds is 5. The third kappa shape index (κ3) is 2.77. The van der Waals surface area contributed by atoms with Gasteiger partial charge in [-0.3, -0.25) is 9.38 Å². The lowest BCUT2D eigenvalue weighted by Gasteiger charge is -2.17. The van der Waals surface area contributed by atoms with Crippen LogP contribution in [-0.4, -0.2) is 20.9 Å². The van der Waals surface area contributed by atoms with Gasteiger partial charge >= 0.3 is 0 Å². The molecule has 104 valence electrons. The normalized spacial score (nSPS) is 12.9. The zero-order valence-electron chi connectivity index (χ0n) is 11.1. The molecule has 0 bridgehead atoms. The average Bonchev–Trinajstić information content (AvgIpc) is 3.00. The molecule has 0 aliphatic heterocycles. The van der Waals surface area contributed by atoms with Crippen LogP contribution in [0, 0.1) is 0 Å². The van der Waals surface area contributed by atoms with Crippen molar-refractivity contribution >= 4 is 32.2 Å². The molecule has 20 heavy (non-hydrogen) atoms. The van der Waals surface area contributed by atoms with Crippen molar-refractivity contribution in [1.82, 2.24) is 19.7 Å². The molecule has 0 aliphatic rings. The predicted molar refractivity (Wildman–Crippen MR) is 85.1 cm³/mol. The van der Waals surface area contributed by atoms with Gasteiger partial charge in [0.2, 0.25) is 0 Å². The Morgan fingerprint density at radius 1 is 1.50 bits per heavy atom. The molecule has 4 nitrogen and oxygen atoms in total. The van der Waals surface area contributed by atoms with Gasteiger partial charge in [-0.2, -0.15) is 0 Å². The molecular weight excluding hydrogens is 336 g/mol. The molecule has 0 radical (unpaired) electrons. The molecule has 0 fully saturated rings. The monoisotopic (exact) mass is 350 g/mol. The van der Waals surface area contributed by atoms with Gasteiger partial charge in [0.1, 0.15) is 0 Å². The van der Waals surface area contributed by atoms with E-state index >= 15 is 0 Å². The van der Waals surface area contributed by atoms with Crippen LogP contribution in [0.2, 0.25) is 0 Å². The first kappa shape index (κ1) is 13.7. The molecule has 6 heteroatoms. The summed E-state index contributed by atoms with van der Waals surface area (Å²) in [6, 6.07) is 4.13. The summed E-state index contributed by atoms with van der Waals surface area (Å²) in [5.41, 5.74) is 2.12. The van der Waals surface area contributed by atoms with Crippen molar-refractivity contribution in [2.75, 3.05) is 6.54 Å². The zero-order chi connectivity index (χ0) is 13.9. The number of thiazole rings is 1. The van der Waals surface area contributed by atoms with E-state index in [1.807, 2.05) is 29.9 Å². The number of nitrogens with zero attached hydrogens (tertiary/aromatic N) is 3. The molecular formula is C14H15BrN4S. The summed E-state index contributed by atoms with van der Waals surface area (Å²) < 4.78 is 3.10. The molecule has 0 aliphatic carbocycles. The summed E-state index contributed by atoms with van der Waals surface area (Å²) >= 11 is 5.24. The smallest absolute Gasteiger partial charge is 0.193 e. The summed E-state index contributed by atoms with van der Waals surface area (Å²) in [5.74, 6) is 0. The molecule has 1 atom stereocenters. The van der Waals surface area contributed by atoms with E-state index in [0.29, 0.717) is 0 Å². The minimum atomic E-state index is 0.167. The predicted octanol–water partition coefficient (Wildman–Crippen LogP) is 3.45. The maximum absolute atomic E-state index is 4.65. The molecule has 3 aromatic rings. The Balaban J connectivity index is 1.87. The van der Waals surface area contributed by atoms with Gasteiger partial charge in [-0.1, -0.05) is 6.92 Å².